The van der Waals surface area contributed by atoms with E-state index >= 15 is 0 Å². The summed E-state index contributed by atoms with van der Waals surface area (Å²) in [4.78, 5) is 42.1. The van der Waals surface area contributed by atoms with E-state index in [-0.39, 0.29) is 25.5 Å². The van der Waals surface area contributed by atoms with E-state index in [4.69, 9.17) is 15.0 Å². The van der Waals surface area contributed by atoms with Gasteiger partial charge in [0, 0.05) is 31.0 Å². The maximum atomic E-state index is 12.9. The lowest BCUT2D eigenvalue weighted by atomic mass is 9.93. The van der Waals surface area contributed by atoms with Crippen molar-refractivity contribution in [1.82, 2.24) is 15.5 Å². The SMILES string of the molecule is CC(C)(C)OC(=O)NC1CCCN(C(=O)OCc2ccccc2)C1CC(=O)NCCCN=[N+]=[N-]. The summed E-state index contributed by atoms with van der Waals surface area (Å²) in [6, 6.07) is 8.25. The van der Waals surface area contributed by atoms with Gasteiger partial charge in [-0.05, 0) is 51.1 Å². The molecule has 2 atom stereocenters. The molecular formula is C23H34N6O5. The van der Waals surface area contributed by atoms with Gasteiger partial charge in [-0.15, -0.1) is 0 Å². The summed E-state index contributed by atoms with van der Waals surface area (Å²) < 4.78 is 10.9. The Labute approximate surface area is 199 Å². The first-order valence-electron chi connectivity index (χ1n) is 11.4. The maximum Gasteiger partial charge on any atom is 0.410 e. The van der Waals surface area contributed by atoms with E-state index in [9.17, 15) is 14.4 Å². The third kappa shape index (κ3) is 9.58. The molecule has 0 spiro atoms. The predicted molar refractivity (Wildman–Crippen MR) is 126 cm³/mol. The van der Waals surface area contributed by atoms with Crippen molar-refractivity contribution in [2.75, 3.05) is 19.6 Å². The van der Waals surface area contributed by atoms with Gasteiger partial charge in [-0.3, -0.25) is 4.79 Å². The zero-order valence-corrected chi connectivity index (χ0v) is 20.0. The zero-order chi connectivity index (χ0) is 25.0. The number of carbonyl (C=O) groups is 3. The fraction of sp³-hybridized carbons (Fsp3) is 0.609. The number of nitrogens with one attached hydrogen (secondary N) is 2. The van der Waals surface area contributed by atoms with Crippen molar-refractivity contribution in [2.24, 2.45) is 5.11 Å². The largest absolute Gasteiger partial charge is 0.445 e. The second-order valence-electron chi connectivity index (χ2n) is 9.06. The second kappa shape index (κ2) is 13.3. The molecular weight excluding hydrogens is 440 g/mol. The van der Waals surface area contributed by atoms with Crippen molar-refractivity contribution in [3.63, 3.8) is 0 Å². The van der Waals surface area contributed by atoms with E-state index in [1.807, 2.05) is 30.3 Å². The molecule has 0 aromatic heterocycles. The second-order valence-corrected chi connectivity index (χ2v) is 9.06. The molecule has 0 saturated carbocycles. The first-order chi connectivity index (χ1) is 16.2. The molecule has 1 aliphatic rings. The number of alkyl carbamates (subject to hydrolysis) is 1. The van der Waals surface area contributed by atoms with E-state index in [0.29, 0.717) is 32.4 Å². The number of hydrogen-bond donors (Lipinski definition) is 2. The van der Waals surface area contributed by atoms with Gasteiger partial charge in [-0.25, -0.2) is 9.59 Å². The summed E-state index contributed by atoms with van der Waals surface area (Å²) in [5.41, 5.74) is 8.52. The number of hydrogen-bond acceptors (Lipinski definition) is 6. The molecule has 11 nitrogen and oxygen atoms in total. The lowest BCUT2D eigenvalue weighted by Gasteiger charge is -2.40. The van der Waals surface area contributed by atoms with Gasteiger partial charge in [0.15, 0.2) is 0 Å². The minimum absolute atomic E-state index is 0.0115. The van der Waals surface area contributed by atoms with Crippen molar-refractivity contribution in [3.05, 3.63) is 46.3 Å². The van der Waals surface area contributed by atoms with Crippen molar-refractivity contribution < 1.29 is 23.9 Å². The predicted octanol–water partition coefficient (Wildman–Crippen LogP) is 3.89. The number of nitrogens with zero attached hydrogens (tertiary/aromatic N) is 4. The van der Waals surface area contributed by atoms with Crippen LogP contribution < -0.4 is 10.6 Å². The lowest BCUT2D eigenvalue weighted by molar-refractivity contribution is -0.122. The summed E-state index contributed by atoms with van der Waals surface area (Å²) >= 11 is 0. The Hall–Kier alpha value is -3.46. The van der Waals surface area contributed by atoms with Crippen LogP contribution in [0, 0.1) is 0 Å². The molecule has 0 aliphatic carbocycles. The Kier molecular flexibility index (Phi) is 10.5. The first-order valence-corrected chi connectivity index (χ1v) is 11.4. The highest BCUT2D eigenvalue weighted by Crippen LogP contribution is 2.23. The number of likely N-dealkylation sites (tertiary alicyclic amines) is 1. The van der Waals surface area contributed by atoms with Crippen molar-refractivity contribution >= 4 is 18.1 Å². The van der Waals surface area contributed by atoms with Crippen LogP contribution in [0.25, 0.3) is 10.4 Å². The molecule has 1 aliphatic heterocycles. The van der Waals surface area contributed by atoms with Crippen molar-refractivity contribution in [3.8, 4) is 0 Å². The highest BCUT2D eigenvalue weighted by molar-refractivity contribution is 5.78. The minimum Gasteiger partial charge on any atom is -0.445 e. The average Bonchev–Trinajstić information content (AvgIpc) is 2.78. The van der Waals surface area contributed by atoms with Gasteiger partial charge in [0.25, 0.3) is 0 Å². The highest BCUT2D eigenvalue weighted by atomic mass is 16.6. The van der Waals surface area contributed by atoms with E-state index < -0.39 is 29.9 Å². The number of amides is 3. The molecule has 1 fully saturated rings. The molecule has 2 N–H and O–H groups in total. The Morgan fingerprint density at radius 3 is 2.65 bits per heavy atom. The van der Waals surface area contributed by atoms with E-state index in [1.54, 1.807) is 20.8 Å². The van der Waals surface area contributed by atoms with Crippen LogP contribution >= 0.6 is 0 Å². The molecule has 186 valence electrons. The van der Waals surface area contributed by atoms with Crippen molar-refractivity contribution in [2.45, 2.75) is 70.7 Å². The normalized spacial score (nSPS) is 17.8. The monoisotopic (exact) mass is 474 g/mol. The number of rotatable bonds is 9. The Morgan fingerprint density at radius 2 is 1.97 bits per heavy atom. The standard InChI is InChI=1S/C23H34N6O5/c1-23(2,3)34-21(31)27-18-11-7-14-29(22(32)33-16-17-9-5-4-6-10-17)19(18)15-20(30)25-12-8-13-26-28-24/h4-6,9-10,18-19H,7-8,11-16H2,1-3H3,(H,25,30)(H,27,31). The van der Waals surface area contributed by atoms with Crippen LogP contribution in [-0.2, 0) is 20.9 Å². The summed E-state index contributed by atoms with van der Waals surface area (Å²) in [6.07, 6.45) is 0.588. The first kappa shape index (κ1) is 26.8. The van der Waals surface area contributed by atoms with Crippen LogP contribution in [0.4, 0.5) is 9.59 Å². The molecule has 2 unspecified atom stereocenters. The third-order valence-electron chi connectivity index (χ3n) is 5.14. The van der Waals surface area contributed by atoms with E-state index in [2.05, 4.69) is 20.7 Å². The maximum absolute atomic E-state index is 12.9. The molecule has 0 bridgehead atoms. The van der Waals surface area contributed by atoms with Gasteiger partial charge in [0.1, 0.15) is 12.2 Å². The average molecular weight is 475 g/mol. The number of piperidine rings is 1. The molecule has 1 aromatic rings. The van der Waals surface area contributed by atoms with Crippen LogP contribution in [0.5, 0.6) is 0 Å². The van der Waals surface area contributed by atoms with E-state index in [1.165, 1.54) is 4.90 Å². The Morgan fingerprint density at radius 1 is 1.24 bits per heavy atom. The van der Waals surface area contributed by atoms with Crippen LogP contribution in [-0.4, -0.2) is 60.3 Å². The van der Waals surface area contributed by atoms with Crippen LogP contribution in [0.1, 0.15) is 52.0 Å². The van der Waals surface area contributed by atoms with Gasteiger partial charge < -0.3 is 25.0 Å². The molecule has 11 heteroatoms. The summed E-state index contributed by atoms with van der Waals surface area (Å²) in [5, 5.41) is 9.04. The number of carbonyl (C=O) groups excluding carboxylic acids is 3. The van der Waals surface area contributed by atoms with Gasteiger partial charge in [0.05, 0.1) is 12.1 Å². The van der Waals surface area contributed by atoms with Gasteiger partial charge in [-0.1, -0.05) is 35.4 Å². The zero-order valence-electron chi connectivity index (χ0n) is 20.0. The molecule has 3 amide bonds. The fourth-order valence-corrected chi connectivity index (χ4v) is 3.65. The molecule has 0 radical (unpaired) electrons. The quantitative estimate of drug-likeness (QED) is 0.241. The number of ether oxygens (including phenoxy) is 2. The number of benzene rings is 1. The van der Waals surface area contributed by atoms with Gasteiger partial charge >= 0.3 is 12.2 Å². The molecule has 2 rings (SSSR count). The highest BCUT2D eigenvalue weighted by Gasteiger charge is 2.38. The summed E-state index contributed by atoms with van der Waals surface area (Å²) in [5.74, 6) is -0.273. The third-order valence-corrected chi connectivity index (χ3v) is 5.14. The fourth-order valence-electron chi connectivity index (χ4n) is 3.65. The summed E-state index contributed by atoms with van der Waals surface area (Å²) in [7, 11) is 0. The van der Waals surface area contributed by atoms with Crippen LogP contribution in [0.2, 0.25) is 0 Å². The topological polar surface area (TPSA) is 146 Å². The van der Waals surface area contributed by atoms with Crippen molar-refractivity contribution in [1.29, 1.82) is 0 Å². The van der Waals surface area contributed by atoms with Gasteiger partial charge in [-0.2, -0.15) is 0 Å². The Bertz CT molecular complexity index is 866. The van der Waals surface area contributed by atoms with Crippen LogP contribution in [0.3, 0.4) is 0 Å². The molecule has 34 heavy (non-hydrogen) atoms. The van der Waals surface area contributed by atoms with E-state index in [0.717, 1.165) is 5.56 Å². The smallest absolute Gasteiger partial charge is 0.410 e. The summed E-state index contributed by atoms with van der Waals surface area (Å²) in [6.45, 7) is 6.44. The molecule has 1 heterocycles. The number of azide groups is 1. The minimum atomic E-state index is -0.675. The molecule has 1 aromatic carbocycles. The molecule has 1 saturated heterocycles. The van der Waals surface area contributed by atoms with Gasteiger partial charge in [0.2, 0.25) is 5.91 Å². The lowest BCUT2D eigenvalue weighted by Crippen LogP contribution is -2.58. The van der Waals surface area contributed by atoms with Crippen LogP contribution in [0.15, 0.2) is 35.4 Å². The Balaban J connectivity index is 2.06.